The number of nitrogens with two attached hydrogens (primary N) is 1. The molecule has 0 aliphatic rings. The minimum absolute atomic E-state index is 0. The van der Waals surface area contributed by atoms with Crippen LogP contribution in [0.4, 0.5) is 0 Å². The lowest BCUT2D eigenvalue weighted by Gasteiger charge is -2.15. The van der Waals surface area contributed by atoms with E-state index in [9.17, 15) is 0 Å². The van der Waals surface area contributed by atoms with Crippen LogP contribution in [-0.4, -0.2) is 0 Å². The molecule has 0 saturated heterocycles. The molecule has 0 aromatic heterocycles. The Morgan fingerprint density at radius 1 is 1.19 bits per heavy atom. The lowest BCUT2D eigenvalue weighted by atomic mass is 9.98. The van der Waals surface area contributed by atoms with Gasteiger partial charge >= 0.3 is 0 Å². The van der Waals surface area contributed by atoms with Gasteiger partial charge < -0.3 is 5.73 Å². The second kappa shape index (κ2) is 7.39. The number of hydrogen-bond acceptors (Lipinski definition) is 1. The summed E-state index contributed by atoms with van der Waals surface area (Å²) in [7, 11) is 0. The van der Waals surface area contributed by atoms with E-state index in [2.05, 4.69) is 13.8 Å². The molecule has 1 aromatic carbocycles. The highest BCUT2D eigenvalue weighted by molar-refractivity contribution is 6.35. The SMILES string of the molecule is CC(C)CC[C@H](N)c1ccc(Cl)cc1Cl.Cl. The molecule has 0 spiro atoms. The van der Waals surface area contributed by atoms with Gasteiger partial charge in [0, 0.05) is 16.1 Å². The van der Waals surface area contributed by atoms with E-state index in [0.717, 1.165) is 18.4 Å². The van der Waals surface area contributed by atoms with Crippen molar-refractivity contribution in [3.05, 3.63) is 33.8 Å². The van der Waals surface area contributed by atoms with Gasteiger partial charge in [0.2, 0.25) is 0 Å². The Labute approximate surface area is 114 Å². The molecule has 16 heavy (non-hydrogen) atoms. The van der Waals surface area contributed by atoms with Crippen molar-refractivity contribution in [3.63, 3.8) is 0 Å². The van der Waals surface area contributed by atoms with Crippen LogP contribution in [0, 0.1) is 5.92 Å². The summed E-state index contributed by atoms with van der Waals surface area (Å²) in [6.07, 6.45) is 2.07. The predicted molar refractivity (Wildman–Crippen MR) is 74.7 cm³/mol. The van der Waals surface area contributed by atoms with Crippen LogP contribution in [0.3, 0.4) is 0 Å². The topological polar surface area (TPSA) is 26.0 Å². The molecule has 0 aliphatic carbocycles. The third kappa shape index (κ3) is 4.92. The number of hydrogen-bond donors (Lipinski definition) is 1. The van der Waals surface area contributed by atoms with Crippen molar-refractivity contribution >= 4 is 35.6 Å². The van der Waals surface area contributed by atoms with Gasteiger partial charge in [-0.2, -0.15) is 0 Å². The zero-order valence-electron chi connectivity index (χ0n) is 9.54. The van der Waals surface area contributed by atoms with Crippen molar-refractivity contribution in [1.29, 1.82) is 0 Å². The maximum Gasteiger partial charge on any atom is 0.0468 e. The molecule has 1 nitrogen and oxygen atoms in total. The summed E-state index contributed by atoms with van der Waals surface area (Å²) < 4.78 is 0. The van der Waals surface area contributed by atoms with Gasteiger partial charge in [-0.3, -0.25) is 0 Å². The fraction of sp³-hybridized carbons (Fsp3) is 0.500. The van der Waals surface area contributed by atoms with Gasteiger partial charge in [0.1, 0.15) is 0 Å². The van der Waals surface area contributed by atoms with Crippen molar-refractivity contribution in [1.82, 2.24) is 0 Å². The van der Waals surface area contributed by atoms with Crippen LogP contribution in [0.5, 0.6) is 0 Å². The van der Waals surface area contributed by atoms with Crippen molar-refractivity contribution in [2.24, 2.45) is 11.7 Å². The largest absolute Gasteiger partial charge is 0.324 e. The van der Waals surface area contributed by atoms with Gasteiger partial charge in [0.05, 0.1) is 0 Å². The van der Waals surface area contributed by atoms with Crippen LogP contribution in [0.2, 0.25) is 10.0 Å². The summed E-state index contributed by atoms with van der Waals surface area (Å²) in [6.45, 7) is 4.38. The fourth-order valence-corrected chi connectivity index (χ4v) is 2.02. The van der Waals surface area contributed by atoms with E-state index in [-0.39, 0.29) is 18.4 Å². The molecule has 2 N–H and O–H groups in total. The highest BCUT2D eigenvalue weighted by atomic mass is 35.5. The first-order valence-electron chi connectivity index (χ1n) is 5.21. The molecule has 4 heteroatoms. The van der Waals surface area contributed by atoms with E-state index in [1.807, 2.05) is 12.1 Å². The summed E-state index contributed by atoms with van der Waals surface area (Å²) >= 11 is 11.9. The third-order valence-corrected chi connectivity index (χ3v) is 2.98. The first-order chi connectivity index (χ1) is 7.00. The summed E-state index contributed by atoms with van der Waals surface area (Å²) in [5.74, 6) is 0.669. The summed E-state index contributed by atoms with van der Waals surface area (Å²) in [5.41, 5.74) is 7.05. The van der Waals surface area contributed by atoms with Gasteiger partial charge in [-0.25, -0.2) is 0 Å². The molecule has 0 amide bonds. The van der Waals surface area contributed by atoms with Crippen molar-refractivity contribution < 1.29 is 0 Å². The van der Waals surface area contributed by atoms with E-state index < -0.39 is 0 Å². The Hall–Kier alpha value is 0.0500. The van der Waals surface area contributed by atoms with E-state index in [4.69, 9.17) is 28.9 Å². The van der Waals surface area contributed by atoms with Gasteiger partial charge in [-0.15, -0.1) is 12.4 Å². The number of halogens is 3. The Morgan fingerprint density at radius 3 is 2.31 bits per heavy atom. The number of rotatable bonds is 4. The van der Waals surface area contributed by atoms with Crippen LogP contribution < -0.4 is 5.73 Å². The standard InChI is InChI=1S/C12H17Cl2N.ClH/c1-8(2)3-6-12(15)10-5-4-9(13)7-11(10)14;/h4-5,7-8,12H,3,6,15H2,1-2H3;1H/t12-;/m0./s1. The first kappa shape index (κ1) is 16.1. The van der Waals surface area contributed by atoms with Crippen molar-refractivity contribution in [3.8, 4) is 0 Å². The molecule has 1 aromatic rings. The molecular weight excluding hydrogens is 264 g/mol. The Balaban J connectivity index is 0.00000225. The number of benzene rings is 1. The third-order valence-electron chi connectivity index (χ3n) is 2.42. The fourth-order valence-electron chi connectivity index (χ4n) is 1.47. The summed E-state index contributed by atoms with van der Waals surface area (Å²) in [5, 5.41) is 1.32. The van der Waals surface area contributed by atoms with Crippen molar-refractivity contribution in [2.75, 3.05) is 0 Å². The molecule has 1 rings (SSSR count). The molecular formula is C12H18Cl3N. The lowest BCUT2D eigenvalue weighted by molar-refractivity contribution is 0.507. The Morgan fingerprint density at radius 2 is 1.81 bits per heavy atom. The molecule has 0 heterocycles. The van der Waals surface area contributed by atoms with Crippen LogP contribution >= 0.6 is 35.6 Å². The van der Waals surface area contributed by atoms with Gasteiger partial charge in [0.25, 0.3) is 0 Å². The van der Waals surface area contributed by atoms with Crippen molar-refractivity contribution in [2.45, 2.75) is 32.7 Å². The minimum atomic E-state index is 0. The smallest absolute Gasteiger partial charge is 0.0468 e. The highest BCUT2D eigenvalue weighted by Gasteiger charge is 2.10. The zero-order chi connectivity index (χ0) is 11.4. The maximum atomic E-state index is 6.08. The van der Waals surface area contributed by atoms with E-state index >= 15 is 0 Å². The molecule has 1 atom stereocenters. The second-order valence-electron chi connectivity index (χ2n) is 4.24. The molecule has 0 aliphatic heterocycles. The van der Waals surface area contributed by atoms with Crippen LogP contribution in [0.15, 0.2) is 18.2 Å². The minimum Gasteiger partial charge on any atom is -0.324 e. The molecule has 0 bridgehead atoms. The highest BCUT2D eigenvalue weighted by Crippen LogP contribution is 2.28. The van der Waals surface area contributed by atoms with E-state index in [1.54, 1.807) is 6.07 Å². The summed E-state index contributed by atoms with van der Waals surface area (Å²) in [6, 6.07) is 5.50. The molecule has 0 saturated carbocycles. The normalized spacial score (nSPS) is 12.4. The summed E-state index contributed by atoms with van der Waals surface area (Å²) in [4.78, 5) is 0. The van der Waals surface area contributed by atoms with Crippen LogP contribution in [0.25, 0.3) is 0 Å². The monoisotopic (exact) mass is 281 g/mol. The molecule has 0 fully saturated rings. The molecule has 0 radical (unpaired) electrons. The van der Waals surface area contributed by atoms with E-state index in [0.29, 0.717) is 16.0 Å². The Bertz CT molecular complexity index is 326. The average molecular weight is 283 g/mol. The van der Waals surface area contributed by atoms with Crippen LogP contribution in [0.1, 0.15) is 38.3 Å². The van der Waals surface area contributed by atoms with Gasteiger partial charge in [0.15, 0.2) is 0 Å². The first-order valence-corrected chi connectivity index (χ1v) is 5.97. The lowest BCUT2D eigenvalue weighted by Crippen LogP contribution is -2.11. The Kier molecular flexibility index (Phi) is 7.41. The quantitative estimate of drug-likeness (QED) is 0.839. The van der Waals surface area contributed by atoms with Crippen LogP contribution in [-0.2, 0) is 0 Å². The van der Waals surface area contributed by atoms with E-state index in [1.165, 1.54) is 0 Å². The predicted octanol–water partition coefficient (Wildman–Crippen LogP) is 4.85. The van der Waals surface area contributed by atoms with Gasteiger partial charge in [-0.1, -0.05) is 43.1 Å². The van der Waals surface area contributed by atoms with Gasteiger partial charge in [-0.05, 0) is 36.5 Å². The maximum absolute atomic E-state index is 6.08. The zero-order valence-corrected chi connectivity index (χ0v) is 11.9. The molecule has 0 unspecified atom stereocenters. The molecule has 92 valence electrons. The second-order valence-corrected chi connectivity index (χ2v) is 5.09. The average Bonchev–Trinajstić information content (AvgIpc) is 2.14.